The molecule has 0 unspecified atom stereocenters. The summed E-state index contributed by atoms with van der Waals surface area (Å²) in [7, 11) is 0. The Morgan fingerprint density at radius 1 is 1.05 bits per heavy atom. The molecule has 0 amide bonds. The summed E-state index contributed by atoms with van der Waals surface area (Å²) in [6.45, 7) is 1.99. The molecule has 1 heterocycles. The molecule has 0 bridgehead atoms. The van der Waals surface area contributed by atoms with Gasteiger partial charge < -0.3 is 10.5 Å². The summed E-state index contributed by atoms with van der Waals surface area (Å²) in [5.41, 5.74) is 7.51. The van der Waals surface area contributed by atoms with Crippen LogP contribution in [0.1, 0.15) is 5.56 Å². The second-order valence-electron chi connectivity index (χ2n) is 4.46. The lowest BCUT2D eigenvalue weighted by atomic mass is 10.1. The maximum Gasteiger partial charge on any atom is 0.227 e. The fraction of sp³-hybridized carbons (Fsp3) is 0.0625. The zero-order chi connectivity index (χ0) is 13.2. The second kappa shape index (κ2) is 4.61. The Morgan fingerprint density at radius 2 is 1.89 bits per heavy atom. The molecule has 94 valence electrons. The molecule has 3 heteroatoms. The van der Waals surface area contributed by atoms with Gasteiger partial charge in [-0.1, -0.05) is 24.3 Å². The second-order valence-corrected chi connectivity index (χ2v) is 4.46. The number of rotatable bonds is 2. The number of aromatic nitrogens is 1. The predicted molar refractivity (Wildman–Crippen MR) is 77.4 cm³/mol. The average Bonchev–Trinajstić information content (AvgIpc) is 2.43. The smallest absolute Gasteiger partial charge is 0.227 e. The number of aryl methyl sites for hydroxylation is 1. The minimum absolute atomic E-state index is 0.604. The average molecular weight is 250 g/mol. The first-order valence-corrected chi connectivity index (χ1v) is 6.12. The largest absolute Gasteiger partial charge is 0.438 e. The van der Waals surface area contributed by atoms with Gasteiger partial charge in [0.2, 0.25) is 5.88 Å². The quantitative estimate of drug-likeness (QED) is 0.701. The third kappa shape index (κ3) is 2.22. The van der Waals surface area contributed by atoms with Crippen molar-refractivity contribution in [2.24, 2.45) is 0 Å². The first-order valence-electron chi connectivity index (χ1n) is 6.12. The van der Waals surface area contributed by atoms with Crippen LogP contribution in [0.25, 0.3) is 10.8 Å². The number of hydrogen-bond acceptors (Lipinski definition) is 3. The Labute approximate surface area is 111 Å². The SMILES string of the molecule is Cc1ccc(N)cc1Oc1nccc2ccccc12. The molecule has 2 aromatic carbocycles. The molecule has 1 aromatic heterocycles. The fourth-order valence-corrected chi connectivity index (χ4v) is 2.00. The molecule has 0 atom stereocenters. The number of nitrogens with zero attached hydrogens (tertiary/aromatic N) is 1. The van der Waals surface area contributed by atoms with Crippen molar-refractivity contribution in [2.75, 3.05) is 5.73 Å². The zero-order valence-electron chi connectivity index (χ0n) is 10.6. The molecule has 0 radical (unpaired) electrons. The lowest BCUT2D eigenvalue weighted by Gasteiger charge is -2.10. The van der Waals surface area contributed by atoms with Crippen molar-refractivity contribution in [3.8, 4) is 11.6 Å². The van der Waals surface area contributed by atoms with E-state index in [0.717, 1.165) is 22.1 Å². The van der Waals surface area contributed by atoms with E-state index in [-0.39, 0.29) is 0 Å². The summed E-state index contributed by atoms with van der Waals surface area (Å²) in [5, 5.41) is 2.10. The van der Waals surface area contributed by atoms with Crippen molar-refractivity contribution in [2.45, 2.75) is 6.92 Å². The standard InChI is InChI=1S/C16H14N2O/c1-11-6-7-13(17)10-15(11)19-16-14-5-3-2-4-12(14)8-9-18-16/h2-10H,17H2,1H3. The van der Waals surface area contributed by atoms with Crippen LogP contribution >= 0.6 is 0 Å². The van der Waals surface area contributed by atoms with E-state index in [9.17, 15) is 0 Å². The number of hydrogen-bond donors (Lipinski definition) is 1. The molecular weight excluding hydrogens is 236 g/mol. The van der Waals surface area contributed by atoms with Gasteiger partial charge in [-0.15, -0.1) is 0 Å². The third-order valence-electron chi connectivity index (χ3n) is 3.06. The summed E-state index contributed by atoms with van der Waals surface area (Å²) in [4.78, 5) is 4.31. The summed E-state index contributed by atoms with van der Waals surface area (Å²) in [5.74, 6) is 1.34. The lowest BCUT2D eigenvalue weighted by Crippen LogP contribution is -1.93. The van der Waals surface area contributed by atoms with E-state index in [0.29, 0.717) is 11.6 Å². The fourth-order valence-electron chi connectivity index (χ4n) is 2.00. The van der Waals surface area contributed by atoms with Crippen molar-refractivity contribution >= 4 is 16.5 Å². The number of benzene rings is 2. The van der Waals surface area contributed by atoms with E-state index in [1.54, 1.807) is 6.20 Å². The molecule has 19 heavy (non-hydrogen) atoms. The van der Waals surface area contributed by atoms with Gasteiger partial charge >= 0.3 is 0 Å². The van der Waals surface area contributed by atoms with E-state index in [4.69, 9.17) is 10.5 Å². The minimum Gasteiger partial charge on any atom is -0.438 e. The van der Waals surface area contributed by atoms with E-state index in [1.807, 2.05) is 55.5 Å². The first-order chi connectivity index (χ1) is 9.24. The molecule has 3 rings (SSSR count). The van der Waals surface area contributed by atoms with E-state index >= 15 is 0 Å². The predicted octanol–water partition coefficient (Wildman–Crippen LogP) is 3.92. The highest BCUT2D eigenvalue weighted by Gasteiger charge is 2.06. The van der Waals surface area contributed by atoms with Gasteiger partial charge in [-0.25, -0.2) is 4.98 Å². The molecule has 3 aromatic rings. The van der Waals surface area contributed by atoms with Gasteiger partial charge in [-0.2, -0.15) is 0 Å². The van der Waals surface area contributed by atoms with Crippen LogP contribution in [0.4, 0.5) is 5.69 Å². The Hall–Kier alpha value is -2.55. The first kappa shape index (κ1) is 11.5. The van der Waals surface area contributed by atoms with Gasteiger partial charge in [-0.05, 0) is 36.1 Å². The highest BCUT2D eigenvalue weighted by Crippen LogP contribution is 2.30. The number of pyridine rings is 1. The van der Waals surface area contributed by atoms with Crippen molar-refractivity contribution < 1.29 is 4.74 Å². The molecule has 0 saturated heterocycles. The van der Waals surface area contributed by atoms with Crippen LogP contribution in [0.2, 0.25) is 0 Å². The zero-order valence-corrected chi connectivity index (χ0v) is 10.6. The monoisotopic (exact) mass is 250 g/mol. The summed E-state index contributed by atoms with van der Waals surface area (Å²) >= 11 is 0. The maximum absolute atomic E-state index is 5.91. The van der Waals surface area contributed by atoms with Crippen LogP contribution in [-0.2, 0) is 0 Å². The molecule has 3 nitrogen and oxygen atoms in total. The van der Waals surface area contributed by atoms with Gasteiger partial charge in [0.1, 0.15) is 5.75 Å². The van der Waals surface area contributed by atoms with Crippen LogP contribution in [0.5, 0.6) is 11.6 Å². The number of fused-ring (bicyclic) bond motifs is 1. The number of nitrogen functional groups attached to an aromatic ring is 1. The molecule has 0 saturated carbocycles. The van der Waals surface area contributed by atoms with Crippen molar-refractivity contribution in [1.82, 2.24) is 4.98 Å². The van der Waals surface area contributed by atoms with Crippen molar-refractivity contribution in [3.05, 3.63) is 60.3 Å². The van der Waals surface area contributed by atoms with Crippen LogP contribution in [0.3, 0.4) is 0 Å². The molecule has 0 aliphatic rings. The molecule has 0 spiro atoms. The van der Waals surface area contributed by atoms with E-state index < -0.39 is 0 Å². The normalized spacial score (nSPS) is 10.6. The van der Waals surface area contributed by atoms with Crippen LogP contribution in [-0.4, -0.2) is 4.98 Å². The van der Waals surface area contributed by atoms with Crippen molar-refractivity contribution in [3.63, 3.8) is 0 Å². The van der Waals surface area contributed by atoms with Crippen LogP contribution in [0, 0.1) is 6.92 Å². The Kier molecular flexibility index (Phi) is 2.80. The Morgan fingerprint density at radius 3 is 2.79 bits per heavy atom. The summed E-state index contributed by atoms with van der Waals surface area (Å²) in [6, 6.07) is 15.6. The van der Waals surface area contributed by atoms with Crippen LogP contribution < -0.4 is 10.5 Å². The van der Waals surface area contributed by atoms with E-state index in [1.165, 1.54) is 0 Å². The lowest BCUT2D eigenvalue weighted by molar-refractivity contribution is 0.466. The molecule has 0 aliphatic carbocycles. The molecular formula is C16H14N2O. The molecule has 0 aliphatic heterocycles. The molecule has 0 fully saturated rings. The van der Waals surface area contributed by atoms with Gasteiger partial charge in [0.05, 0.1) is 0 Å². The molecule has 2 N–H and O–H groups in total. The van der Waals surface area contributed by atoms with Gasteiger partial charge in [-0.3, -0.25) is 0 Å². The van der Waals surface area contributed by atoms with Crippen molar-refractivity contribution in [1.29, 1.82) is 0 Å². The van der Waals surface area contributed by atoms with Gasteiger partial charge in [0.25, 0.3) is 0 Å². The number of nitrogens with two attached hydrogens (primary N) is 1. The third-order valence-corrected chi connectivity index (χ3v) is 3.06. The van der Waals surface area contributed by atoms with Crippen LogP contribution in [0.15, 0.2) is 54.7 Å². The Balaban J connectivity index is 2.08. The van der Waals surface area contributed by atoms with Gasteiger partial charge in [0.15, 0.2) is 0 Å². The summed E-state index contributed by atoms with van der Waals surface area (Å²) < 4.78 is 5.91. The maximum atomic E-state index is 5.91. The highest BCUT2D eigenvalue weighted by atomic mass is 16.5. The topological polar surface area (TPSA) is 48.1 Å². The highest BCUT2D eigenvalue weighted by molar-refractivity contribution is 5.86. The Bertz CT molecular complexity index is 732. The minimum atomic E-state index is 0.604. The summed E-state index contributed by atoms with van der Waals surface area (Å²) in [6.07, 6.45) is 1.75. The number of ether oxygens (including phenoxy) is 1. The van der Waals surface area contributed by atoms with Gasteiger partial charge in [0, 0.05) is 23.3 Å². The number of anilines is 1. The van der Waals surface area contributed by atoms with E-state index in [2.05, 4.69) is 4.98 Å².